The number of amides is 2. The van der Waals surface area contributed by atoms with Gasteiger partial charge in [-0.15, -0.1) is 0 Å². The number of hydrogen-bond donors (Lipinski definition) is 2. The average molecular weight is 349 g/mol. The number of nitrogens with zero attached hydrogens (tertiary/aromatic N) is 2. The quantitative estimate of drug-likeness (QED) is 0.584. The van der Waals surface area contributed by atoms with Crippen LogP contribution in [0.3, 0.4) is 0 Å². The summed E-state index contributed by atoms with van der Waals surface area (Å²) >= 11 is 0. The molecule has 9 heteroatoms. The number of carbonyl (C=O) groups excluding carboxylic acids is 2. The standard InChI is InChI=1S/C16H19N3O6/c1-10-9-11(4-5-12(10)19(24)25)16(23)18-8-2-3-13(18)15(22)17-7-6-14(20)21/h4-5,9,13H,2-3,6-8H2,1H3,(H,17,22)(H,20,21). The average Bonchev–Trinajstić information content (AvgIpc) is 3.02. The highest BCUT2D eigenvalue weighted by Crippen LogP contribution is 2.24. The van der Waals surface area contributed by atoms with Crippen molar-refractivity contribution in [3.63, 3.8) is 0 Å². The van der Waals surface area contributed by atoms with Crippen LogP contribution >= 0.6 is 0 Å². The summed E-state index contributed by atoms with van der Waals surface area (Å²) in [6, 6.07) is 3.45. The number of hydrogen-bond acceptors (Lipinski definition) is 5. The second-order valence-corrected chi connectivity index (χ2v) is 5.85. The summed E-state index contributed by atoms with van der Waals surface area (Å²) in [5.41, 5.74) is 0.590. The van der Waals surface area contributed by atoms with Crippen molar-refractivity contribution in [3.05, 3.63) is 39.4 Å². The molecule has 0 spiro atoms. The van der Waals surface area contributed by atoms with E-state index < -0.39 is 16.9 Å². The van der Waals surface area contributed by atoms with Gasteiger partial charge in [0.1, 0.15) is 6.04 Å². The Labute approximate surface area is 143 Å². The first kappa shape index (κ1) is 18.4. The minimum atomic E-state index is -1.01. The van der Waals surface area contributed by atoms with Crippen LogP contribution in [0.2, 0.25) is 0 Å². The van der Waals surface area contributed by atoms with Crippen molar-refractivity contribution >= 4 is 23.5 Å². The number of nitro groups is 1. The number of nitro benzene ring substituents is 1. The molecule has 2 rings (SSSR count). The lowest BCUT2D eigenvalue weighted by molar-refractivity contribution is -0.385. The number of aliphatic carboxylic acids is 1. The summed E-state index contributed by atoms with van der Waals surface area (Å²) in [5.74, 6) is -1.76. The van der Waals surface area contributed by atoms with Gasteiger partial charge in [0.05, 0.1) is 11.3 Å². The predicted octanol–water partition coefficient (Wildman–Crippen LogP) is 1.10. The molecular weight excluding hydrogens is 330 g/mol. The van der Waals surface area contributed by atoms with Gasteiger partial charge in [0.25, 0.3) is 11.6 Å². The smallest absolute Gasteiger partial charge is 0.305 e. The highest BCUT2D eigenvalue weighted by Gasteiger charge is 2.34. The van der Waals surface area contributed by atoms with E-state index in [-0.39, 0.29) is 36.0 Å². The number of aryl methyl sites for hydroxylation is 1. The van der Waals surface area contributed by atoms with Gasteiger partial charge in [-0.2, -0.15) is 0 Å². The Bertz CT molecular complexity index is 718. The normalized spacial score (nSPS) is 16.5. The van der Waals surface area contributed by atoms with Crippen LogP contribution in [0, 0.1) is 17.0 Å². The molecule has 1 aromatic carbocycles. The van der Waals surface area contributed by atoms with E-state index in [0.717, 1.165) is 0 Å². The molecule has 2 N–H and O–H groups in total. The second kappa shape index (κ2) is 7.73. The summed E-state index contributed by atoms with van der Waals surface area (Å²) in [7, 11) is 0. The Morgan fingerprint density at radius 3 is 2.72 bits per heavy atom. The zero-order chi connectivity index (χ0) is 18.6. The molecule has 0 bridgehead atoms. The lowest BCUT2D eigenvalue weighted by Gasteiger charge is -2.24. The van der Waals surface area contributed by atoms with Crippen LogP contribution in [0.25, 0.3) is 0 Å². The molecule has 1 fully saturated rings. The van der Waals surface area contributed by atoms with Gasteiger partial charge < -0.3 is 15.3 Å². The molecule has 0 aromatic heterocycles. The molecule has 25 heavy (non-hydrogen) atoms. The summed E-state index contributed by atoms with van der Waals surface area (Å²) in [6.45, 7) is 1.96. The van der Waals surface area contributed by atoms with Crippen LogP contribution in [0.15, 0.2) is 18.2 Å². The number of carbonyl (C=O) groups is 3. The molecule has 1 aromatic rings. The first-order chi connectivity index (χ1) is 11.8. The van der Waals surface area contributed by atoms with Gasteiger partial charge in [0.15, 0.2) is 0 Å². The molecule has 1 atom stereocenters. The fourth-order valence-corrected chi connectivity index (χ4v) is 2.85. The molecule has 1 aliphatic heterocycles. The number of carboxylic acids is 1. The molecule has 0 saturated carbocycles. The lowest BCUT2D eigenvalue weighted by atomic mass is 10.1. The first-order valence-corrected chi connectivity index (χ1v) is 7.86. The van der Waals surface area contributed by atoms with Gasteiger partial charge >= 0.3 is 5.97 Å². The lowest BCUT2D eigenvalue weighted by Crippen LogP contribution is -2.46. The summed E-state index contributed by atoms with van der Waals surface area (Å²) in [5, 5.41) is 22.0. The van der Waals surface area contributed by atoms with Crippen molar-refractivity contribution in [3.8, 4) is 0 Å². The molecule has 0 radical (unpaired) electrons. The van der Waals surface area contributed by atoms with E-state index in [2.05, 4.69) is 5.32 Å². The maximum atomic E-state index is 12.7. The van der Waals surface area contributed by atoms with Gasteiger partial charge in [-0.25, -0.2) is 0 Å². The predicted molar refractivity (Wildman–Crippen MR) is 87.2 cm³/mol. The SMILES string of the molecule is Cc1cc(C(=O)N2CCCC2C(=O)NCCC(=O)O)ccc1[N+](=O)[O-]. The summed E-state index contributed by atoms with van der Waals surface area (Å²) in [4.78, 5) is 47.1. The molecule has 134 valence electrons. The number of benzene rings is 1. The zero-order valence-electron chi connectivity index (χ0n) is 13.7. The molecule has 2 amide bonds. The van der Waals surface area contributed by atoms with Crippen LogP contribution in [-0.4, -0.2) is 51.8 Å². The number of nitrogens with one attached hydrogen (secondary N) is 1. The minimum absolute atomic E-state index is 0.00331. The molecule has 0 aliphatic carbocycles. The van der Waals surface area contributed by atoms with E-state index in [9.17, 15) is 24.5 Å². The van der Waals surface area contributed by atoms with Crippen molar-refractivity contribution in [1.82, 2.24) is 10.2 Å². The highest BCUT2D eigenvalue weighted by molar-refractivity contribution is 5.98. The monoisotopic (exact) mass is 349 g/mol. The van der Waals surface area contributed by atoms with Crippen molar-refractivity contribution in [2.24, 2.45) is 0 Å². The van der Waals surface area contributed by atoms with Crippen LogP contribution in [0.4, 0.5) is 5.69 Å². The van der Waals surface area contributed by atoms with E-state index in [1.165, 1.54) is 23.1 Å². The van der Waals surface area contributed by atoms with Crippen molar-refractivity contribution in [1.29, 1.82) is 0 Å². The zero-order valence-corrected chi connectivity index (χ0v) is 13.7. The van der Waals surface area contributed by atoms with Crippen molar-refractivity contribution < 1.29 is 24.4 Å². The molecule has 9 nitrogen and oxygen atoms in total. The Morgan fingerprint density at radius 1 is 1.40 bits per heavy atom. The van der Waals surface area contributed by atoms with Crippen LogP contribution in [0.5, 0.6) is 0 Å². The van der Waals surface area contributed by atoms with E-state index in [4.69, 9.17) is 5.11 Å². The van der Waals surface area contributed by atoms with Crippen molar-refractivity contribution in [2.45, 2.75) is 32.2 Å². The Kier molecular flexibility index (Phi) is 5.68. The minimum Gasteiger partial charge on any atom is -0.481 e. The number of rotatable bonds is 6. The molecular formula is C16H19N3O6. The summed E-state index contributed by atoms with van der Waals surface area (Å²) < 4.78 is 0. The Hall–Kier alpha value is -2.97. The van der Waals surface area contributed by atoms with Gasteiger partial charge in [-0.3, -0.25) is 24.5 Å². The van der Waals surface area contributed by atoms with Crippen LogP contribution in [0.1, 0.15) is 35.2 Å². The third-order valence-corrected chi connectivity index (χ3v) is 4.09. The van der Waals surface area contributed by atoms with E-state index in [0.29, 0.717) is 24.9 Å². The molecule has 1 aliphatic rings. The largest absolute Gasteiger partial charge is 0.481 e. The fourth-order valence-electron chi connectivity index (χ4n) is 2.85. The molecule has 1 heterocycles. The topological polar surface area (TPSA) is 130 Å². The second-order valence-electron chi connectivity index (χ2n) is 5.85. The summed E-state index contributed by atoms with van der Waals surface area (Å²) in [6.07, 6.45) is 0.972. The highest BCUT2D eigenvalue weighted by atomic mass is 16.6. The maximum Gasteiger partial charge on any atom is 0.305 e. The number of likely N-dealkylation sites (tertiary alicyclic amines) is 1. The Morgan fingerprint density at radius 2 is 2.12 bits per heavy atom. The van der Waals surface area contributed by atoms with E-state index >= 15 is 0 Å². The fraction of sp³-hybridized carbons (Fsp3) is 0.438. The van der Waals surface area contributed by atoms with E-state index in [1.807, 2.05) is 0 Å². The van der Waals surface area contributed by atoms with Crippen molar-refractivity contribution in [2.75, 3.05) is 13.1 Å². The van der Waals surface area contributed by atoms with Gasteiger partial charge in [0, 0.05) is 30.3 Å². The Balaban J connectivity index is 2.09. The third-order valence-electron chi connectivity index (χ3n) is 4.09. The molecule has 1 saturated heterocycles. The van der Waals surface area contributed by atoms with Crippen LogP contribution < -0.4 is 5.32 Å². The first-order valence-electron chi connectivity index (χ1n) is 7.86. The van der Waals surface area contributed by atoms with Gasteiger partial charge in [-0.05, 0) is 31.9 Å². The van der Waals surface area contributed by atoms with Crippen LogP contribution in [-0.2, 0) is 9.59 Å². The molecule has 1 unspecified atom stereocenters. The third kappa shape index (κ3) is 4.31. The maximum absolute atomic E-state index is 12.7. The van der Waals surface area contributed by atoms with Gasteiger partial charge in [-0.1, -0.05) is 0 Å². The van der Waals surface area contributed by atoms with E-state index in [1.54, 1.807) is 6.92 Å². The van der Waals surface area contributed by atoms with Gasteiger partial charge in [0.2, 0.25) is 5.91 Å². The number of carboxylic acid groups (broad SMARTS) is 1.